The number of hydrogen-bond donors (Lipinski definition) is 0. The molecule has 1 aromatic rings. The van der Waals surface area contributed by atoms with Crippen molar-refractivity contribution in [2.24, 2.45) is 5.92 Å². The van der Waals surface area contributed by atoms with Crippen molar-refractivity contribution in [3.8, 4) is 11.5 Å². The maximum Gasteiger partial charge on any atom is 0.309 e. The van der Waals surface area contributed by atoms with Crippen LogP contribution in [0.4, 0.5) is 0 Å². The number of ether oxygens (including phenoxy) is 3. The molecule has 4 nitrogen and oxygen atoms in total. The molecule has 1 fully saturated rings. The summed E-state index contributed by atoms with van der Waals surface area (Å²) in [6.45, 7) is 2.53. The Balaban J connectivity index is 2.28. The molecule has 0 bridgehead atoms. The molecule has 1 aliphatic rings. The van der Waals surface area contributed by atoms with Gasteiger partial charge in [0.05, 0.1) is 26.7 Å². The number of cyclic esters (lactones) is 1. The quantitative estimate of drug-likeness (QED) is 0.768. The molecule has 1 aromatic carbocycles. The molecule has 4 heteroatoms. The molecular formula is C14H18O4. The second-order valence-corrected chi connectivity index (χ2v) is 4.48. The van der Waals surface area contributed by atoms with E-state index in [-0.39, 0.29) is 11.9 Å². The van der Waals surface area contributed by atoms with Gasteiger partial charge in [-0.25, -0.2) is 0 Å². The van der Waals surface area contributed by atoms with Gasteiger partial charge in [0.25, 0.3) is 0 Å². The van der Waals surface area contributed by atoms with Crippen LogP contribution in [0.15, 0.2) is 12.1 Å². The summed E-state index contributed by atoms with van der Waals surface area (Å²) in [5, 5.41) is 0. The lowest BCUT2D eigenvalue weighted by molar-refractivity contribution is -0.141. The maximum absolute atomic E-state index is 11.5. The van der Waals surface area contributed by atoms with Crippen LogP contribution in [0.25, 0.3) is 0 Å². The van der Waals surface area contributed by atoms with E-state index in [2.05, 4.69) is 0 Å². The van der Waals surface area contributed by atoms with Crippen molar-refractivity contribution in [2.75, 3.05) is 20.8 Å². The highest BCUT2D eigenvalue weighted by atomic mass is 16.5. The van der Waals surface area contributed by atoms with E-state index >= 15 is 0 Å². The Morgan fingerprint density at radius 2 is 2.11 bits per heavy atom. The minimum Gasteiger partial charge on any atom is -0.497 e. The van der Waals surface area contributed by atoms with E-state index < -0.39 is 0 Å². The summed E-state index contributed by atoms with van der Waals surface area (Å²) in [6.07, 6.45) is 1.45. The summed E-state index contributed by atoms with van der Waals surface area (Å²) in [5.41, 5.74) is 2.13. The van der Waals surface area contributed by atoms with Crippen LogP contribution in [-0.4, -0.2) is 26.8 Å². The van der Waals surface area contributed by atoms with E-state index in [0.717, 1.165) is 29.0 Å². The van der Waals surface area contributed by atoms with Crippen LogP contribution in [0.5, 0.6) is 11.5 Å². The standard InChI is InChI=1S/C14H18O4/c1-9-6-11(16-2)8-13(17-3)12(9)7-10-4-5-18-14(10)15/h6,8,10H,4-5,7H2,1-3H3. The van der Waals surface area contributed by atoms with Gasteiger partial charge >= 0.3 is 5.97 Å². The van der Waals surface area contributed by atoms with E-state index in [1.165, 1.54) is 0 Å². The predicted octanol–water partition coefficient (Wildman–Crippen LogP) is 2.12. The number of carbonyl (C=O) groups excluding carboxylic acids is 1. The minimum atomic E-state index is -0.104. The fourth-order valence-corrected chi connectivity index (χ4v) is 2.28. The fraction of sp³-hybridized carbons (Fsp3) is 0.500. The van der Waals surface area contributed by atoms with Gasteiger partial charge in [-0.1, -0.05) is 0 Å². The van der Waals surface area contributed by atoms with Crippen LogP contribution in [0.3, 0.4) is 0 Å². The monoisotopic (exact) mass is 250 g/mol. The van der Waals surface area contributed by atoms with Crippen molar-refractivity contribution >= 4 is 5.97 Å². The van der Waals surface area contributed by atoms with Crippen molar-refractivity contribution < 1.29 is 19.0 Å². The smallest absolute Gasteiger partial charge is 0.309 e. The Morgan fingerprint density at radius 1 is 1.33 bits per heavy atom. The summed E-state index contributed by atoms with van der Waals surface area (Å²) in [5.74, 6) is 1.38. The first-order valence-corrected chi connectivity index (χ1v) is 6.04. The molecule has 1 aliphatic heterocycles. The number of carbonyl (C=O) groups is 1. The second-order valence-electron chi connectivity index (χ2n) is 4.48. The van der Waals surface area contributed by atoms with E-state index in [1.54, 1.807) is 14.2 Å². The molecule has 1 heterocycles. The first-order chi connectivity index (χ1) is 8.65. The van der Waals surface area contributed by atoms with Gasteiger partial charge in [-0.2, -0.15) is 0 Å². The van der Waals surface area contributed by atoms with E-state index in [4.69, 9.17) is 14.2 Å². The van der Waals surface area contributed by atoms with E-state index in [9.17, 15) is 4.79 Å². The van der Waals surface area contributed by atoms with Crippen LogP contribution >= 0.6 is 0 Å². The molecule has 1 saturated heterocycles. The third-order valence-electron chi connectivity index (χ3n) is 3.36. The number of esters is 1. The SMILES string of the molecule is COc1cc(C)c(CC2CCOC2=O)c(OC)c1. The van der Waals surface area contributed by atoms with Gasteiger partial charge in [0.2, 0.25) is 0 Å². The molecule has 0 radical (unpaired) electrons. The van der Waals surface area contributed by atoms with Gasteiger partial charge in [-0.15, -0.1) is 0 Å². The van der Waals surface area contributed by atoms with Gasteiger partial charge in [0.1, 0.15) is 11.5 Å². The third-order valence-corrected chi connectivity index (χ3v) is 3.36. The first-order valence-electron chi connectivity index (χ1n) is 6.04. The number of rotatable bonds is 4. The average molecular weight is 250 g/mol. The maximum atomic E-state index is 11.5. The van der Waals surface area contributed by atoms with Crippen molar-refractivity contribution in [3.05, 3.63) is 23.3 Å². The lowest BCUT2D eigenvalue weighted by Crippen LogP contribution is -2.12. The Labute approximate surface area is 107 Å². The van der Waals surface area contributed by atoms with Crippen molar-refractivity contribution in [2.45, 2.75) is 19.8 Å². The Hall–Kier alpha value is -1.71. The van der Waals surface area contributed by atoms with Crippen LogP contribution in [-0.2, 0) is 16.0 Å². The summed E-state index contributed by atoms with van der Waals surface area (Å²) in [4.78, 5) is 11.5. The van der Waals surface area contributed by atoms with E-state index in [1.807, 2.05) is 19.1 Å². The average Bonchev–Trinajstić information content (AvgIpc) is 2.77. The molecule has 1 unspecified atom stereocenters. The lowest BCUT2D eigenvalue weighted by atomic mass is 9.94. The predicted molar refractivity (Wildman–Crippen MR) is 67.1 cm³/mol. The van der Waals surface area contributed by atoms with Gasteiger partial charge in [0, 0.05) is 6.07 Å². The van der Waals surface area contributed by atoms with Gasteiger partial charge < -0.3 is 14.2 Å². The summed E-state index contributed by atoms with van der Waals surface area (Å²) in [7, 11) is 3.26. The van der Waals surface area contributed by atoms with Gasteiger partial charge in [-0.3, -0.25) is 4.79 Å². The zero-order valence-electron chi connectivity index (χ0n) is 11.0. The summed E-state index contributed by atoms with van der Waals surface area (Å²) >= 11 is 0. The third kappa shape index (κ3) is 2.42. The molecule has 0 spiro atoms. The Kier molecular flexibility index (Phi) is 3.75. The molecule has 0 aliphatic carbocycles. The molecule has 1 atom stereocenters. The fourth-order valence-electron chi connectivity index (χ4n) is 2.28. The molecule has 18 heavy (non-hydrogen) atoms. The summed E-state index contributed by atoms with van der Waals surface area (Å²) in [6, 6.07) is 3.81. The highest BCUT2D eigenvalue weighted by Gasteiger charge is 2.28. The Morgan fingerprint density at radius 3 is 2.67 bits per heavy atom. The molecular weight excluding hydrogens is 232 g/mol. The largest absolute Gasteiger partial charge is 0.497 e. The number of aryl methyl sites for hydroxylation is 1. The van der Waals surface area contributed by atoms with Gasteiger partial charge in [0.15, 0.2) is 0 Å². The van der Waals surface area contributed by atoms with Crippen LogP contribution in [0.1, 0.15) is 17.5 Å². The molecule has 0 N–H and O–H groups in total. The zero-order valence-corrected chi connectivity index (χ0v) is 11.0. The van der Waals surface area contributed by atoms with Crippen molar-refractivity contribution in [3.63, 3.8) is 0 Å². The van der Waals surface area contributed by atoms with Crippen LogP contribution < -0.4 is 9.47 Å². The molecule has 2 rings (SSSR count). The topological polar surface area (TPSA) is 44.8 Å². The minimum absolute atomic E-state index is 0.0500. The molecule has 0 saturated carbocycles. The molecule has 0 aromatic heterocycles. The van der Waals surface area contributed by atoms with Crippen LogP contribution in [0, 0.1) is 12.8 Å². The highest BCUT2D eigenvalue weighted by Crippen LogP contribution is 2.32. The Bertz CT molecular complexity index is 453. The molecule has 98 valence electrons. The van der Waals surface area contributed by atoms with Crippen LogP contribution in [0.2, 0.25) is 0 Å². The highest BCUT2D eigenvalue weighted by molar-refractivity contribution is 5.74. The number of hydrogen-bond acceptors (Lipinski definition) is 4. The number of methoxy groups -OCH3 is 2. The number of benzene rings is 1. The van der Waals surface area contributed by atoms with Gasteiger partial charge in [-0.05, 0) is 37.0 Å². The van der Waals surface area contributed by atoms with E-state index in [0.29, 0.717) is 13.0 Å². The van der Waals surface area contributed by atoms with Crippen molar-refractivity contribution in [1.82, 2.24) is 0 Å². The lowest BCUT2D eigenvalue weighted by Gasteiger charge is -2.15. The summed E-state index contributed by atoms with van der Waals surface area (Å²) < 4.78 is 15.6. The normalized spacial score (nSPS) is 18.6. The first kappa shape index (κ1) is 12.7. The second kappa shape index (κ2) is 5.29. The van der Waals surface area contributed by atoms with Crippen molar-refractivity contribution in [1.29, 1.82) is 0 Å². The zero-order chi connectivity index (χ0) is 13.1. The molecule has 0 amide bonds.